The number of nitrogens with zero attached hydrogens (tertiary/aromatic N) is 4. The van der Waals surface area contributed by atoms with E-state index in [-0.39, 0.29) is 18.1 Å². The highest BCUT2D eigenvalue weighted by molar-refractivity contribution is 5.93. The number of rotatable bonds is 4. The maximum Gasteiger partial charge on any atom is 0.272 e. The van der Waals surface area contributed by atoms with Gasteiger partial charge in [-0.15, -0.1) is 0 Å². The van der Waals surface area contributed by atoms with Crippen LogP contribution >= 0.6 is 0 Å². The number of carbonyl (C=O) groups is 2. The molecule has 8 heteroatoms. The summed E-state index contributed by atoms with van der Waals surface area (Å²) >= 11 is 0. The molecule has 8 nitrogen and oxygen atoms in total. The molecule has 2 amide bonds. The van der Waals surface area contributed by atoms with E-state index < -0.39 is 11.8 Å². The predicted molar refractivity (Wildman–Crippen MR) is 63.9 cm³/mol. The number of carbonyl (C=O) groups excluding carboxylic acids is 2. The normalized spacial score (nSPS) is 9.68. The molecule has 96 valence electrons. The lowest BCUT2D eigenvalue weighted by molar-refractivity contribution is 0.0914. The van der Waals surface area contributed by atoms with Crippen molar-refractivity contribution in [2.24, 2.45) is 0 Å². The molecule has 0 aromatic carbocycles. The minimum atomic E-state index is -0.424. The van der Waals surface area contributed by atoms with Gasteiger partial charge in [-0.2, -0.15) is 0 Å². The van der Waals surface area contributed by atoms with E-state index >= 15 is 0 Å². The number of aromatic nitrogens is 4. The molecule has 0 aliphatic rings. The second-order valence-electron chi connectivity index (χ2n) is 3.37. The molecular weight excluding hydrogens is 248 g/mol. The topological polar surface area (TPSA) is 110 Å². The molecule has 2 rings (SSSR count). The Kier molecular flexibility index (Phi) is 4.06. The van der Waals surface area contributed by atoms with Crippen molar-refractivity contribution < 1.29 is 9.59 Å². The van der Waals surface area contributed by atoms with Gasteiger partial charge >= 0.3 is 0 Å². The van der Waals surface area contributed by atoms with Crippen LogP contribution in [0.25, 0.3) is 0 Å². The zero-order valence-electron chi connectivity index (χ0n) is 9.78. The molecule has 0 atom stereocenters. The Morgan fingerprint density at radius 2 is 1.32 bits per heavy atom. The highest BCUT2D eigenvalue weighted by Gasteiger charge is 2.08. The van der Waals surface area contributed by atoms with E-state index in [1.54, 1.807) is 0 Å². The van der Waals surface area contributed by atoms with Crippen LogP contribution in [0.1, 0.15) is 21.0 Å². The van der Waals surface area contributed by atoms with Gasteiger partial charge in [0.2, 0.25) is 0 Å². The Balaban J connectivity index is 1.81. The minimum absolute atomic E-state index is 0.0369. The summed E-state index contributed by atoms with van der Waals surface area (Å²) in [6.45, 7) is -0.0369. The second kappa shape index (κ2) is 6.15. The minimum Gasteiger partial charge on any atom is -0.333 e. The van der Waals surface area contributed by atoms with Gasteiger partial charge in [0.25, 0.3) is 11.8 Å². The molecule has 0 bridgehead atoms. The van der Waals surface area contributed by atoms with Crippen molar-refractivity contribution >= 4 is 11.8 Å². The maximum atomic E-state index is 11.6. The summed E-state index contributed by atoms with van der Waals surface area (Å²) in [7, 11) is 0. The monoisotopic (exact) mass is 258 g/mol. The third-order valence-corrected chi connectivity index (χ3v) is 2.09. The van der Waals surface area contributed by atoms with Crippen LogP contribution in [0.4, 0.5) is 0 Å². The van der Waals surface area contributed by atoms with E-state index in [1.807, 2.05) is 0 Å². The second-order valence-corrected chi connectivity index (χ2v) is 3.37. The molecule has 2 aromatic rings. The highest BCUT2D eigenvalue weighted by atomic mass is 16.2. The number of nitrogens with one attached hydrogen (secondary N) is 2. The van der Waals surface area contributed by atoms with Crippen LogP contribution in [0.5, 0.6) is 0 Å². The first-order chi connectivity index (χ1) is 9.27. The summed E-state index contributed by atoms with van der Waals surface area (Å²) in [5, 5.41) is 4.96. The van der Waals surface area contributed by atoms with Gasteiger partial charge in [-0.1, -0.05) is 0 Å². The molecule has 2 aromatic heterocycles. The average Bonchev–Trinajstić information content (AvgIpc) is 2.49. The van der Waals surface area contributed by atoms with Crippen LogP contribution in [-0.4, -0.2) is 38.4 Å². The molecule has 2 heterocycles. The van der Waals surface area contributed by atoms with Gasteiger partial charge in [-0.25, -0.2) is 9.97 Å². The Morgan fingerprint density at radius 1 is 0.842 bits per heavy atom. The molecule has 0 saturated carbocycles. The first-order valence-electron chi connectivity index (χ1n) is 5.36. The molecule has 0 saturated heterocycles. The van der Waals surface area contributed by atoms with Crippen LogP contribution < -0.4 is 10.6 Å². The zero-order chi connectivity index (χ0) is 13.5. The summed E-state index contributed by atoms with van der Waals surface area (Å²) < 4.78 is 0. The molecule has 0 unspecified atom stereocenters. The van der Waals surface area contributed by atoms with E-state index in [0.717, 1.165) is 0 Å². The van der Waals surface area contributed by atoms with E-state index in [9.17, 15) is 9.59 Å². The molecule has 0 aliphatic heterocycles. The molecule has 19 heavy (non-hydrogen) atoms. The summed E-state index contributed by atoms with van der Waals surface area (Å²) in [6.07, 6.45) is 8.42. The van der Waals surface area contributed by atoms with Gasteiger partial charge < -0.3 is 10.6 Å². The van der Waals surface area contributed by atoms with E-state index in [0.29, 0.717) is 0 Å². The van der Waals surface area contributed by atoms with Crippen LogP contribution in [0.15, 0.2) is 37.2 Å². The summed E-state index contributed by atoms with van der Waals surface area (Å²) in [6, 6.07) is 0. The molecular formula is C11H10N6O2. The highest BCUT2D eigenvalue weighted by Crippen LogP contribution is 1.90. The SMILES string of the molecule is O=C(NCNC(=O)c1cnccn1)c1cnccn1. The van der Waals surface area contributed by atoms with Gasteiger partial charge in [0.05, 0.1) is 19.1 Å². The fraction of sp³-hybridized carbons (Fsp3) is 0.0909. The Morgan fingerprint density at radius 3 is 1.68 bits per heavy atom. The largest absolute Gasteiger partial charge is 0.333 e. The third-order valence-electron chi connectivity index (χ3n) is 2.09. The van der Waals surface area contributed by atoms with Crippen molar-refractivity contribution in [2.75, 3.05) is 6.67 Å². The van der Waals surface area contributed by atoms with Crippen LogP contribution in [0.2, 0.25) is 0 Å². The number of hydrogen-bond donors (Lipinski definition) is 2. The maximum absolute atomic E-state index is 11.6. The van der Waals surface area contributed by atoms with Crippen LogP contribution in [0, 0.1) is 0 Å². The smallest absolute Gasteiger partial charge is 0.272 e. The average molecular weight is 258 g/mol. The first kappa shape index (κ1) is 12.6. The number of amides is 2. The quantitative estimate of drug-likeness (QED) is 0.707. The fourth-order valence-corrected chi connectivity index (χ4v) is 1.22. The Bertz CT molecular complexity index is 508. The van der Waals surface area contributed by atoms with E-state index in [2.05, 4.69) is 30.6 Å². The van der Waals surface area contributed by atoms with Gasteiger partial charge in [0.15, 0.2) is 0 Å². The van der Waals surface area contributed by atoms with Crippen molar-refractivity contribution in [2.45, 2.75) is 0 Å². The Hall–Kier alpha value is -2.90. The van der Waals surface area contributed by atoms with Crippen LogP contribution in [0.3, 0.4) is 0 Å². The Labute approximate surface area is 108 Å². The fourth-order valence-electron chi connectivity index (χ4n) is 1.22. The van der Waals surface area contributed by atoms with E-state index in [4.69, 9.17) is 0 Å². The number of hydrogen-bond acceptors (Lipinski definition) is 6. The van der Waals surface area contributed by atoms with Crippen molar-refractivity contribution in [3.05, 3.63) is 48.6 Å². The van der Waals surface area contributed by atoms with Crippen molar-refractivity contribution in [1.29, 1.82) is 0 Å². The van der Waals surface area contributed by atoms with Crippen LogP contribution in [-0.2, 0) is 0 Å². The lowest BCUT2D eigenvalue weighted by Crippen LogP contribution is -2.37. The van der Waals surface area contributed by atoms with Crippen molar-refractivity contribution in [1.82, 2.24) is 30.6 Å². The molecule has 0 radical (unpaired) electrons. The zero-order valence-corrected chi connectivity index (χ0v) is 9.78. The third kappa shape index (κ3) is 3.53. The molecule has 0 spiro atoms. The molecule has 0 fully saturated rings. The summed E-state index contributed by atoms with van der Waals surface area (Å²) in [5.74, 6) is -0.847. The van der Waals surface area contributed by atoms with E-state index in [1.165, 1.54) is 37.2 Å². The molecule has 0 aliphatic carbocycles. The predicted octanol–water partition coefficient (Wildman–Crippen LogP) is -0.616. The molecule has 2 N–H and O–H groups in total. The first-order valence-corrected chi connectivity index (χ1v) is 5.36. The lowest BCUT2D eigenvalue weighted by Gasteiger charge is -2.05. The van der Waals surface area contributed by atoms with Crippen molar-refractivity contribution in [3.8, 4) is 0 Å². The lowest BCUT2D eigenvalue weighted by atomic mass is 10.4. The summed E-state index contributed by atoms with van der Waals surface area (Å²) in [4.78, 5) is 38.3. The van der Waals surface area contributed by atoms with Gasteiger partial charge in [-0.05, 0) is 0 Å². The summed E-state index contributed by atoms with van der Waals surface area (Å²) in [5.41, 5.74) is 0.354. The van der Waals surface area contributed by atoms with Gasteiger partial charge in [-0.3, -0.25) is 19.6 Å². The van der Waals surface area contributed by atoms with Gasteiger partial charge in [0.1, 0.15) is 11.4 Å². The van der Waals surface area contributed by atoms with Crippen molar-refractivity contribution in [3.63, 3.8) is 0 Å². The van der Waals surface area contributed by atoms with Gasteiger partial charge in [0, 0.05) is 24.8 Å². The standard InChI is InChI=1S/C11H10N6O2/c18-10(8-5-12-1-3-14-8)16-7-17-11(19)9-6-13-2-4-15-9/h1-6H,7H2,(H,16,18)(H,17,19).